The lowest BCUT2D eigenvalue weighted by Gasteiger charge is -2.18. The number of anilines is 1. The van der Waals surface area contributed by atoms with Crippen LogP contribution in [0.2, 0.25) is 0 Å². The molecule has 1 N–H and O–H groups in total. The van der Waals surface area contributed by atoms with Gasteiger partial charge in [-0.25, -0.2) is 4.98 Å². The SMILES string of the molecule is Cc1c(-c2ccc(C(C)C)cc2)cnc(NC(=O)C2(c3ccc4c(c3)OCO4)CC2)c1C.[HH]. The average molecular weight is 431 g/mol. The molecule has 5 rings (SSSR count). The first-order valence-electron chi connectivity index (χ1n) is 11.2. The first kappa shape index (κ1) is 20.6. The minimum absolute atomic E-state index is 0. The zero-order valence-corrected chi connectivity index (χ0v) is 19.0. The molecule has 1 aromatic heterocycles. The molecule has 2 aliphatic rings. The van der Waals surface area contributed by atoms with Crippen LogP contribution in [0.15, 0.2) is 48.7 Å². The van der Waals surface area contributed by atoms with Gasteiger partial charge in [-0.1, -0.05) is 44.2 Å². The number of rotatable bonds is 5. The highest BCUT2D eigenvalue weighted by molar-refractivity contribution is 6.01. The molecular weight excluding hydrogens is 400 g/mol. The number of pyridine rings is 1. The minimum atomic E-state index is -0.519. The van der Waals surface area contributed by atoms with Crippen LogP contribution in [0.4, 0.5) is 5.82 Å². The predicted octanol–water partition coefficient (Wildman–Crippen LogP) is 6.13. The van der Waals surface area contributed by atoms with E-state index >= 15 is 0 Å². The van der Waals surface area contributed by atoms with Gasteiger partial charge in [0.2, 0.25) is 12.7 Å². The number of aromatic nitrogens is 1. The fraction of sp³-hybridized carbons (Fsp3) is 0.333. The van der Waals surface area contributed by atoms with Crippen molar-refractivity contribution in [3.63, 3.8) is 0 Å². The number of benzene rings is 2. The highest BCUT2D eigenvalue weighted by Gasteiger charge is 2.52. The van der Waals surface area contributed by atoms with Crippen molar-refractivity contribution in [1.29, 1.82) is 0 Å². The van der Waals surface area contributed by atoms with E-state index in [4.69, 9.17) is 9.47 Å². The largest absolute Gasteiger partial charge is 0.454 e. The number of ether oxygens (including phenoxy) is 2. The predicted molar refractivity (Wildman–Crippen MR) is 127 cm³/mol. The molecule has 1 saturated carbocycles. The van der Waals surface area contributed by atoms with E-state index in [1.165, 1.54) is 5.56 Å². The van der Waals surface area contributed by atoms with E-state index < -0.39 is 5.41 Å². The van der Waals surface area contributed by atoms with Crippen molar-refractivity contribution < 1.29 is 15.7 Å². The summed E-state index contributed by atoms with van der Waals surface area (Å²) in [4.78, 5) is 17.9. The molecule has 1 fully saturated rings. The maximum Gasteiger partial charge on any atom is 0.236 e. The Hall–Kier alpha value is -3.34. The first-order valence-corrected chi connectivity index (χ1v) is 11.2. The van der Waals surface area contributed by atoms with Gasteiger partial charge in [0.1, 0.15) is 5.82 Å². The second-order valence-corrected chi connectivity index (χ2v) is 9.15. The molecule has 0 saturated heterocycles. The van der Waals surface area contributed by atoms with Gasteiger partial charge in [0.05, 0.1) is 5.41 Å². The molecule has 2 aromatic carbocycles. The molecular formula is C27H30N2O3. The Morgan fingerprint density at radius 1 is 1.03 bits per heavy atom. The number of nitrogens with one attached hydrogen (secondary N) is 1. The van der Waals surface area contributed by atoms with Crippen molar-refractivity contribution in [1.82, 2.24) is 4.98 Å². The highest BCUT2D eigenvalue weighted by atomic mass is 16.7. The molecule has 5 heteroatoms. The maximum atomic E-state index is 13.3. The Morgan fingerprint density at radius 2 is 1.75 bits per heavy atom. The normalized spacial score (nSPS) is 15.7. The molecule has 1 aliphatic carbocycles. The highest BCUT2D eigenvalue weighted by Crippen LogP contribution is 2.51. The number of hydrogen-bond acceptors (Lipinski definition) is 4. The smallest absolute Gasteiger partial charge is 0.236 e. The molecule has 0 atom stereocenters. The molecule has 0 spiro atoms. The van der Waals surface area contributed by atoms with Gasteiger partial charge in [0.15, 0.2) is 11.5 Å². The second-order valence-electron chi connectivity index (χ2n) is 9.15. The summed E-state index contributed by atoms with van der Waals surface area (Å²) in [6.45, 7) is 8.72. The van der Waals surface area contributed by atoms with Gasteiger partial charge < -0.3 is 14.8 Å². The number of carbonyl (C=O) groups is 1. The zero-order chi connectivity index (χ0) is 22.5. The van der Waals surface area contributed by atoms with Gasteiger partial charge >= 0.3 is 0 Å². The Kier molecular flexibility index (Phi) is 4.92. The van der Waals surface area contributed by atoms with Crippen LogP contribution in [0.1, 0.15) is 56.3 Å². The van der Waals surface area contributed by atoms with E-state index in [2.05, 4.69) is 55.3 Å². The molecule has 5 nitrogen and oxygen atoms in total. The van der Waals surface area contributed by atoms with Gasteiger partial charge in [-0.05, 0) is 72.6 Å². The van der Waals surface area contributed by atoms with Gasteiger partial charge in [-0.2, -0.15) is 0 Å². The van der Waals surface area contributed by atoms with E-state index in [-0.39, 0.29) is 14.1 Å². The van der Waals surface area contributed by atoms with Crippen LogP contribution in [-0.2, 0) is 10.2 Å². The number of hydrogen-bond donors (Lipinski definition) is 1. The van der Waals surface area contributed by atoms with Crippen molar-refractivity contribution in [3.05, 3.63) is 70.9 Å². The fourth-order valence-electron chi connectivity index (χ4n) is 4.36. The third-order valence-corrected chi connectivity index (χ3v) is 6.87. The summed E-state index contributed by atoms with van der Waals surface area (Å²) < 4.78 is 10.9. The Bertz CT molecular complexity index is 1200. The zero-order valence-electron chi connectivity index (χ0n) is 19.0. The van der Waals surface area contributed by atoms with E-state index in [0.717, 1.165) is 46.4 Å². The van der Waals surface area contributed by atoms with Crippen LogP contribution in [0.5, 0.6) is 11.5 Å². The molecule has 1 aliphatic heterocycles. The number of amides is 1. The lowest BCUT2D eigenvalue weighted by atomic mass is 9.94. The summed E-state index contributed by atoms with van der Waals surface area (Å²) in [5.74, 6) is 2.55. The summed E-state index contributed by atoms with van der Waals surface area (Å²) in [6.07, 6.45) is 3.50. The van der Waals surface area contributed by atoms with Gasteiger partial charge in [-0.15, -0.1) is 0 Å². The van der Waals surface area contributed by atoms with Crippen LogP contribution < -0.4 is 14.8 Å². The number of carbonyl (C=O) groups excluding carboxylic acids is 1. The van der Waals surface area contributed by atoms with E-state index in [9.17, 15) is 4.79 Å². The Balaban J connectivity index is 0.00000259. The molecule has 166 valence electrons. The van der Waals surface area contributed by atoms with E-state index in [1.807, 2.05) is 31.3 Å². The topological polar surface area (TPSA) is 60.5 Å². The third kappa shape index (κ3) is 3.42. The minimum Gasteiger partial charge on any atom is -0.454 e. The molecule has 0 unspecified atom stereocenters. The second kappa shape index (κ2) is 7.66. The summed E-state index contributed by atoms with van der Waals surface area (Å²) in [6, 6.07) is 14.4. The van der Waals surface area contributed by atoms with Gasteiger partial charge in [0, 0.05) is 13.2 Å². The molecule has 0 bridgehead atoms. The van der Waals surface area contributed by atoms with Gasteiger partial charge in [-0.3, -0.25) is 4.79 Å². The number of fused-ring (bicyclic) bond motifs is 1. The summed E-state index contributed by atoms with van der Waals surface area (Å²) >= 11 is 0. The maximum absolute atomic E-state index is 13.3. The van der Waals surface area contributed by atoms with Crippen molar-refractivity contribution in [2.75, 3.05) is 12.1 Å². The van der Waals surface area contributed by atoms with E-state index in [1.54, 1.807) is 0 Å². The van der Waals surface area contributed by atoms with Crippen LogP contribution >= 0.6 is 0 Å². The van der Waals surface area contributed by atoms with Crippen molar-refractivity contribution >= 4 is 11.7 Å². The summed E-state index contributed by atoms with van der Waals surface area (Å²) in [7, 11) is 0. The summed E-state index contributed by atoms with van der Waals surface area (Å²) in [5, 5.41) is 3.10. The van der Waals surface area contributed by atoms with Crippen molar-refractivity contribution in [3.8, 4) is 22.6 Å². The van der Waals surface area contributed by atoms with Crippen LogP contribution in [0, 0.1) is 13.8 Å². The average Bonchev–Trinajstić information content (AvgIpc) is 3.48. The molecule has 32 heavy (non-hydrogen) atoms. The summed E-state index contributed by atoms with van der Waals surface area (Å²) in [5.41, 5.74) is 6.11. The third-order valence-electron chi connectivity index (χ3n) is 6.87. The molecule has 3 aromatic rings. The lowest BCUT2D eigenvalue weighted by Crippen LogP contribution is -2.28. The standard InChI is InChI=1S/C27H28N2O3.H2/c1-16(2)19-5-7-20(8-6-19)22-14-28-25(18(4)17(22)3)29-26(30)27(11-12-27)21-9-10-23-24(13-21)32-15-31-23;/h5-10,13-14,16H,11-12,15H2,1-4H3,(H,28,29,30);1H. The van der Waals surface area contributed by atoms with Crippen LogP contribution in [-0.4, -0.2) is 17.7 Å². The lowest BCUT2D eigenvalue weighted by molar-refractivity contribution is -0.118. The Labute approximate surface area is 190 Å². The Morgan fingerprint density at radius 3 is 2.44 bits per heavy atom. The van der Waals surface area contributed by atoms with E-state index in [0.29, 0.717) is 17.5 Å². The van der Waals surface area contributed by atoms with Crippen molar-refractivity contribution in [2.24, 2.45) is 0 Å². The monoisotopic (exact) mass is 430 g/mol. The van der Waals surface area contributed by atoms with Crippen LogP contribution in [0.3, 0.4) is 0 Å². The molecule has 2 heterocycles. The molecule has 1 amide bonds. The fourth-order valence-corrected chi connectivity index (χ4v) is 4.36. The van der Waals surface area contributed by atoms with Crippen LogP contribution in [0.25, 0.3) is 11.1 Å². The quantitative estimate of drug-likeness (QED) is 0.529. The number of nitrogens with zero attached hydrogens (tertiary/aromatic N) is 1. The molecule has 0 radical (unpaired) electrons. The van der Waals surface area contributed by atoms with Gasteiger partial charge in [0.25, 0.3) is 0 Å². The van der Waals surface area contributed by atoms with Crippen molar-refractivity contribution in [2.45, 2.75) is 51.9 Å². The first-order chi connectivity index (χ1) is 15.4.